The van der Waals surface area contributed by atoms with Crippen LogP contribution in [0.5, 0.6) is 0 Å². The molecule has 1 saturated carbocycles. The van der Waals surface area contributed by atoms with Gasteiger partial charge in [0, 0.05) is 54.6 Å². The number of alkyl halides is 3. The number of rotatable bonds is 7. The average Bonchev–Trinajstić information content (AvgIpc) is 3.32. The van der Waals surface area contributed by atoms with Crippen molar-refractivity contribution in [2.75, 3.05) is 37.6 Å². The molecule has 2 aromatic heterocycles. The topological polar surface area (TPSA) is 61.4 Å². The molecule has 1 N–H and O–H groups in total. The minimum absolute atomic E-state index is 0.0414. The summed E-state index contributed by atoms with van der Waals surface area (Å²) < 4.78 is 38.4. The maximum absolute atomic E-state index is 12.8. The van der Waals surface area contributed by atoms with Gasteiger partial charge in [-0.2, -0.15) is 13.2 Å². The third-order valence-electron chi connectivity index (χ3n) is 7.77. The predicted molar refractivity (Wildman–Crippen MR) is 137 cm³/mol. The van der Waals surface area contributed by atoms with Crippen LogP contribution in [0.25, 0.3) is 0 Å². The van der Waals surface area contributed by atoms with Crippen LogP contribution in [0.2, 0.25) is 0 Å². The van der Waals surface area contributed by atoms with Gasteiger partial charge in [0.05, 0.1) is 23.0 Å². The summed E-state index contributed by atoms with van der Waals surface area (Å²) in [6.45, 7) is 5.07. The van der Waals surface area contributed by atoms with Crippen LogP contribution in [0.1, 0.15) is 52.6 Å². The summed E-state index contributed by atoms with van der Waals surface area (Å²) in [5.41, 5.74) is 1.08. The molecule has 36 heavy (non-hydrogen) atoms. The van der Waals surface area contributed by atoms with Gasteiger partial charge in [0.15, 0.2) is 5.13 Å². The van der Waals surface area contributed by atoms with Gasteiger partial charge in [-0.15, -0.1) is 22.7 Å². The first kappa shape index (κ1) is 25.9. The Labute approximate surface area is 218 Å². The van der Waals surface area contributed by atoms with Gasteiger partial charge < -0.3 is 15.1 Å². The molecule has 2 aliphatic heterocycles. The Morgan fingerprint density at radius 3 is 2.58 bits per heavy atom. The van der Waals surface area contributed by atoms with Crippen LogP contribution in [0.15, 0.2) is 6.20 Å². The van der Waals surface area contributed by atoms with Gasteiger partial charge in [-0.3, -0.25) is 4.79 Å². The molecule has 0 radical (unpaired) electrons. The third kappa shape index (κ3) is 6.39. The summed E-state index contributed by atoms with van der Waals surface area (Å²) in [5, 5.41) is 4.97. The molecule has 4 heterocycles. The fourth-order valence-corrected chi connectivity index (χ4v) is 7.39. The van der Waals surface area contributed by atoms with Crippen molar-refractivity contribution < 1.29 is 18.0 Å². The number of amides is 1. The highest BCUT2D eigenvalue weighted by atomic mass is 32.1. The van der Waals surface area contributed by atoms with E-state index in [1.165, 1.54) is 11.3 Å². The SMILES string of the molecule is Cc1ncc(CC(=O)NC2CCC(CCN3CCc4nc(N5CC(C(F)(F)F)C5)sc4CC3)CC2)s1. The number of carbonyl (C=O) groups is 1. The van der Waals surface area contributed by atoms with Crippen molar-refractivity contribution in [1.29, 1.82) is 0 Å². The van der Waals surface area contributed by atoms with Crippen LogP contribution in [0.3, 0.4) is 0 Å². The van der Waals surface area contributed by atoms with E-state index in [0.29, 0.717) is 12.3 Å². The zero-order valence-corrected chi connectivity index (χ0v) is 22.3. The molecule has 0 spiro atoms. The summed E-state index contributed by atoms with van der Waals surface area (Å²) in [4.78, 5) is 27.8. The Morgan fingerprint density at radius 2 is 1.89 bits per heavy atom. The summed E-state index contributed by atoms with van der Waals surface area (Å²) in [7, 11) is 0. The molecule has 0 atom stereocenters. The van der Waals surface area contributed by atoms with E-state index in [0.717, 1.165) is 78.9 Å². The number of halogens is 3. The lowest BCUT2D eigenvalue weighted by Gasteiger charge is -2.39. The molecule has 0 aromatic carbocycles. The monoisotopic (exact) mass is 541 g/mol. The van der Waals surface area contributed by atoms with Crippen molar-refractivity contribution in [2.45, 2.75) is 70.5 Å². The maximum atomic E-state index is 12.8. The highest BCUT2D eigenvalue weighted by Crippen LogP contribution is 2.39. The quantitative estimate of drug-likeness (QED) is 0.555. The van der Waals surface area contributed by atoms with Crippen molar-refractivity contribution in [2.24, 2.45) is 11.8 Å². The summed E-state index contributed by atoms with van der Waals surface area (Å²) >= 11 is 3.17. The molecule has 1 saturated heterocycles. The first-order chi connectivity index (χ1) is 17.2. The van der Waals surface area contributed by atoms with Gasteiger partial charge in [-0.05, 0) is 57.9 Å². The molecule has 1 aliphatic carbocycles. The number of carbonyl (C=O) groups excluding carboxylic acids is 1. The molecular weight excluding hydrogens is 507 g/mol. The average molecular weight is 542 g/mol. The number of nitrogens with one attached hydrogen (secondary N) is 1. The van der Waals surface area contributed by atoms with Crippen molar-refractivity contribution in [3.05, 3.63) is 26.7 Å². The number of aromatic nitrogens is 2. The number of fused-ring (bicyclic) bond motifs is 1. The Morgan fingerprint density at radius 1 is 1.14 bits per heavy atom. The molecule has 1 amide bonds. The van der Waals surface area contributed by atoms with Crippen LogP contribution in [-0.2, 0) is 24.1 Å². The summed E-state index contributed by atoms with van der Waals surface area (Å²) in [6.07, 6.45) is 5.53. The standard InChI is InChI=1S/C25H34F3N5OS2/c1-16-29-13-20(35-16)12-23(34)30-19-4-2-17(3-5-19)6-9-32-10-7-21-22(8-11-32)36-24(31-21)33-14-18(15-33)25(26,27)28/h13,17-19H,2-12,14-15H2,1H3,(H,30,34). The number of thiazole rings is 2. The lowest BCUT2D eigenvalue weighted by molar-refractivity contribution is -0.180. The maximum Gasteiger partial charge on any atom is 0.395 e. The van der Waals surface area contributed by atoms with Crippen molar-refractivity contribution in [3.8, 4) is 0 Å². The molecule has 2 aromatic rings. The molecule has 6 nitrogen and oxygen atoms in total. The van der Waals surface area contributed by atoms with E-state index in [1.54, 1.807) is 33.8 Å². The summed E-state index contributed by atoms with van der Waals surface area (Å²) in [6, 6.07) is 0.287. The van der Waals surface area contributed by atoms with Gasteiger partial charge in [-0.25, -0.2) is 9.97 Å². The van der Waals surface area contributed by atoms with E-state index < -0.39 is 12.1 Å². The van der Waals surface area contributed by atoms with Gasteiger partial charge in [0.25, 0.3) is 0 Å². The molecule has 0 unspecified atom stereocenters. The second-order valence-corrected chi connectivity index (χ2v) is 12.8. The van der Waals surface area contributed by atoms with Crippen LogP contribution in [0.4, 0.5) is 18.3 Å². The first-order valence-corrected chi connectivity index (χ1v) is 14.6. The van der Waals surface area contributed by atoms with Crippen LogP contribution in [-0.4, -0.2) is 65.7 Å². The Bertz CT molecular complexity index is 1020. The number of hydrogen-bond donors (Lipinski definition) is 1. The molecular formula is C25H34F3N5OS2. The molecule has 11 heteroatoms. The van der Waals surface area contributed by atoms with Gasteiger partial charge >= 0.3 is 6.18 Å². The smallest absolute Gasteiger partial charge is 0.353 e. The number of aryl methyl sites for hydroxylation is 1. The molecule has 2 fully saturated rings. The van der Waals surface area contributed by atoms with E-state index in [2.05, 4.69) is 15.2 Å². The fraction of sp³-hybridized carbons (Fsp3) is 0.720. The lowest BCUT2D eigenvalue weighted by Crippen LogP contribution is -2.53. The fourth-order valence-electron chi connectivity index (χ4n) is 5.48. The first-order valence-electron chi connectivity index (χ1n) is 13.0. The van der Waals surface area contributed by atoms with Gasteiger partial charge in [0.1, 0.15) is 0 Å². The molecule has 198 valence electrons. The van der Waals surface area contributed by atoms with Gasteiger partial charge in [-0.1, -0.05) is 0 Å². The largest absolute Gasteiger partial charge is 0.395 e. The van der Waals surface area contributed by atoms with Crippen molar-refractivity contribution >= 4 is 33.7 Å². The number of anilines is 1. The van der Waals surface area contributed by atoms with E-state index in [9.17, 15) is 18.0 Å². The van der Waals surface area contributed by atoms with E-state index >= 15 is 0 Å². The minimum atomic E-state index is -4.10. The predicted octanol–water partition coefficient (Wildman–Crippen LogP) is 4.61. The van der Waals surface area contributed by atoms with Crippen LogP contribution in [0, 0.1) is 18.8 Å². The van der Waals surface area contributed by atoms with Crippen LogP contribution >= 0.6 is 22.7 Å². The zero-order valence-electron chi connectivity index (χ0n) is 20.6. The molecule has 3 aliphatic rings. The van der Waals surface area contributed by atoms with E-state index in [1.807, 2.05) is 6.92 Å². The Kier molecular flexibility index (Phi) is 7.88. The van der Waals surface area contributed by atoms with E-state index in [-0.39, 0.29) is 25.0 Å². The zero-order chi connectivity index (χ0) is 25.3. The van der Waals surface area contributed by atoms with Gasteiger partial charge in [0.2, 0.25) is 5.91 Å². The summed E-state index contributed by atoms with van der Waals surface area (Å²) in [5.74, 6) is -0.404. The number of nitrogens with zero attached hydrogens (tertiary/aromatic N) is 4. The normalized spacial score (nSPS) is 23.7. The molecule has 5 rings (SSSR count). The molecule has 0 bridgehead atoms. The second kappa shape index (κ2) is 10.9. The third-order valence-corrected chi connectivity index (χ3v) is 9.90. The van der Waals surface area contributed by atoms with Crippen molar-refractivity contribution in [3.63, 3.8) is 0 Å². The van der Waals surface area contributed by atoms with Crippen LogP contribution < -0.4 is 10.2 Å². The van der Waals surface area contributed by atoms with Crippen molar-refractivity contribution in [1.82, 2.24) is 20.2 Å². The highest BCUT2D eigenvalue weighted by Gasteiger charge is 2.48. The highest BCUT2D eigenvalue weighted by molar-refractivity contribution is 7.15. The second-order valence-electron chi connectivity index (χ2n) is 10.4. The minimum Gasteiger partial charge on any atom is -0.353 e. The lowest BCUT2D eigenvalue weighted by atomic mass is 9.84. The van der Waals surface area contributed by atoms with E-state index in [4.69, 9.17) is 4.98 Å². The number of hydrogen-bond acceptors (Lipinski definition) is 7. The Hall–Kier alpha value is -1.72. The Balaban J connectivity index is 0.996.